The molecular weight excluding hydrogens is 274 g/mol. The van der Waals surface area contributed by atoms with Crippen LogP contribution in [0.4, 0.5) is 5.69 Å². The summed E-state index contributed by atoms with van der Waals surface area (Å²) in [6.45, 7) is 2.30. The van der Waals surface area contributed by atoms with Crippen LogP contribution in [-0.2, 0) is 16.4 Å². The van der Waals surface area contributed by atoms with Crippen molar-refractivity contribution in [2.45, 2.75) is 17.7 Å². The maximum absolute atomic E-state index is 12.5. The Balaban J connectivity index is 2.09. The smallest absolute Gasteiger partial charge is 0.242 e. The van der Waals surface area contributed by atoms with Gasteiger partial charge in [0.15, 0.2) is 0 Å². The number of rotatable bonds is 6. The molecule has 6 heteroatoms. The molecule has 0 spiro atoms. The van der Waals surface area contributed by atoms with Crippen molar-refractivity contribution in [3.8, 4) is 0 Å². The second-order valence-corrected chi connectivity index (χ2v) is 7.52. The third-order valence-electron chi connectivity index (χ3n) is 3.58. The third kappa shape index (κ3) is 3.31. The highest BCUT2D eigenvalue weighted by Crippen LogP contribution is 2.26. The van der Waals surface area contributed by atoms with E-state index in [4.69, 9.17) is 0 Å². The second-order valence-electron chi connectivity index (χ2n) is 5.48. The Hall–Kier alpha value is -1.11. The molecule has 1 aromatic carbocycles. The molecule has 0 aliphatic carbocycles. The normalized spacial score (nSPS) is 14.7. The van der Waals surface area contributed by atoms with Gasteiger partial charge in [-0.1, -0.05) is 6.07 Å². The van der Waals surface area contributed by atoms with E-state index in [-0.39, 0.29) is 0 Å². The first-order valence-electron chi connectivity index (χ1n) is 6.89. The molecule has 0 fully saturated rings. The summed E-state index contributed by atoms with van der Waals surface area (Å²) in [5.41, 5.74) is 2.15. The molecule has 112 valence electrons. The summed E-state index contributed by atoms with van der Waals surface area (Å²) in [5.74, 6) is 0. The van der Waals surface area contributed by atoms with Gasteiger partial charge in [0.25, 0.3) is 0 Å². The van der Waals surface area contributed by atoms with Crippen LogP contribution in [0.3, 0.4) is 0 Å². The molecule has 1 aliphatic heterocycles. The van der Waals surface area contributed by atoms with E-state index in [9.17, 15) is 8.42 Å². The van der Waals surface area contributed by atoms with E-state index >= 15 is 0 Å². The summed E-state index contributed by atoms with van der Waals surface area (Å²) >= 11 is 0. The van der Waals surface area contributed by atoms with Crippen molar-refractivity contribution in [1.82, 2.24) is 9.21 Å². The summed E-state index contributed by atoms with van der Waals surface area (Å²) in [7, 11) is 2.23. The molecule has 2 rings (SSSR count). The van der Waals surface area contributed by atoms with E-state index in [1.54, 1.807) is 19.2 Å². The van der Waals surface area contributed by atoms with E-state index < -0.39 is 10.0 Å². The van der Waals surface area contributed by atoms with Crippen LogP contribution in [0.15, 0.2) is 23.1 Å². The lowest BCUT2D eigenvalue weighted by molar-refractivity contribution is 0.370. The molecule has 1 aromatic rings. The molecule has 0 unspecified atom stereocenters. The van der Waals surface area contributed by atoms with Gasteiger partial charge in [0.2, 0.25) is 10.0 Å². The fourth-order valence-corrected chi connectivity index (χ4v) is 3.58. The standard InChI is InChI=1S/C14H23N3O2S/c1-16(2)9-4-10-17(3)20(18,19)13-6-5-12-7-8-15-14(12)11-13/h5-6,11,15H,4,7-10H2,1-3H3. The van der Waals surface area contributed by atoms with Crippen molar-refractivity contribution in [2.24, 2.45) is 0 Å². The van der Waals surface area contributed by atoms with Gasteiger partial charge in [-0.3, -0.25) is 0 Å². The van der Waals surface area contributed by atoms with Gasteiger partial charge in [-0.05, 0) is 51.2 Å². The monoisotopic (exact) mass is 297 g/mol. The molecular formula is C14H23N3O2S. The lowest BCUT2D eigenvalue weighted by atomic mass is 10.2. The highest BCUT2D eigenvalue weighted by atomic mass is 32.2. The molecule has 1 N–H and O–H groups in total. The van der Waals surface area contributed by atoms with Crippen LogP contribution in [0.25, 0.3) is 0 Å². The minimum atomic E-state index is -3.38. The zero-order valence-electron chi connectivity index (χ0n) is 12.4. The molecule has 0 amide bonds. The first-order chi connectivity index (χ1) is 9.41. The Kier molecular flexibility index (Phi) is 4.67. The molecule has 0 aromatic heterocycles. The van der Waals surface area contributed by atoms with Crippen molar-refractivity contribution in [2.75, 3.05) is 46.1 Å². The van der Waals surface area contributed by atoms with Crippen LogP contribution in [0.1, 0.15) is 12.0 Å². The van der Waals surface area contributed by atoms with Gasteiger partial charge in [0.05, 0.1) is 4.90 Å². The quantitative estimate of drug-likeness (QED) is 0.858. The van der Waals surface area contributed by atoms with Crippen LogP contribution in [0.2, 0.25) is 0 Å². The fraction of sp³-hybridized carbons (Fsp3) is 0.571. The van der Waals surface area contributed by atoms with Crippen LogP contribution >= 0.6 is 0 Å². The zero-order valence-corrected chi connectivity index (χ0v) is 13.2. The number of sulfonamides is 1. The Morgan fingerprint density at radius 2 is 1.95 bits per heavy atom. The number of benzene rings is 1. The third-order valence-corrected chi connectivity index (χ3v) is 5.43. The first-order valence-corrected chi connectivity index (χ1v) is 8.33. The van der Waals surface area contributed by atoms with Crippen molar-refractivity contribution >= 4 is 15.7 Å². The van der Waals surface area contributed by atoms with Crippen LogP contribution < -0.4 is 5.32 Å². The molecule has 5 nitrogen and oxygen atoms in total. The lowest BCUT2D eigenvalue weighted by Crippen LogP contribution is -2.29. The summed E-state index contributed by atoms with van der Waals surface area (Å²) in [6, 6.07) is 5.37. The van der Waals surface area contributed by atoms with Crippen LogP contribution in [0.5, 0.6) is 0 Å². The fourth-order valence-electron chi connectivity index (χ4n) is 2.34. The first kappa shape index (κ1) is 15.3. The van der Waals surface area contributed by atoms with E-state index in [0.29, 0.717) is 11.4 Å². The number of hydrogen-bond donors (Lipinski definition) is 1. The summed E-state index contributed by atoms with van der Waals surface area (Å²) < 4.78 is 26.4. The van der Waals surface area contributed by atoms with E-state index in [2.05, 4.69) is 10.2 Å². The highest BCUT2D eigenvalue weighted by molar-refractivity contribution is 7.89. The van der Waals surface area contributed by atoms with Gasteiger partial charge < -0.3 is 10.2 Å². The van der Waals surface area contributed by atoms with Crippen LogP contribution in [0, 0.1) is 0 Å². The number of fused-ring (bicyclic) bond motifs is 1. The predicted molar refractivity (Wildman–Crippen MR) is 81.6 cm³/mol. The average molecular weight is 297 g/mol. The largest absolute Gasteiger partial charge is 0.384 e. The lowest BCUT2D eigenvalue weighted by Gasteiger charge is -2.19. The van der Waals surface area contributed by atoms with Crippen molar-refractivity contribution in [1.29, 1.82) is 0 Å². The van der Waals surface area contributed by atoms with E-state index in [1.807, 2.05) is 20.2 Å². The topological polar surface area (TPSA) is 52.7 Å². The van der Waals surface area contributed by atoms with Gasteiger partial charge in [-0.25, -0.2) is 12.7 Å². The van der Waals surface area contributed by atoms with Gasteiger partial charge in [-0.15, -0.1) is 0 Å². The summed E-state index contributed by atoms with van der Waals surface area (Å²) in [6.07, 6.45) is 1.79. The molecule has 0 atom stereocenters. The second kappa shape index (κ2) is 6.11. The minimum Gasteiger partial charge on any atom is -0.384 e. The molecule has 0 saturated carbocycles. The van der Waals surface area contributed by atoms with Crippen molar-refractivity contribution in [3.05, 3.63) is 23.8 Å². The van der Waals surface area contributed by atoms with Gasteiger partial charge >= 0.3 is 0 Å². The number of hydrogen-bond acceptors (Lipinski definition) is 4. The Labute approximate surface area is 121 Å². The number of anilines is 1. The summed E-state index contributed by atoms with van der Waals surface area (Å²) in [5, 5.41) is 3.22. The summed E-state index contributed by atoms with van der Waals surface area (Å²) in [4.78, 5) is 2.43. The Morgan fingerprint density at radius 3 is 2.65 bits per heavy atom. The van der Waals surface area contributed by atoms with E-state index in [1.165, 1.54) is 9.87 Å². The maximum atomic E-state index is 12.5. The molecule has 0 saturated heterocycles. The number of nitrogens with one attached hydrogen (secondary N) is 1. The molecule has 0 radical (unpaired) electrons. The molecule has 1 aliphatic rings. The highest BCUT2D eigenvalue weighted by Gasteiger charge is 2.22. The van der Waals surface area contributed by atoms with Crippen molar-refractivity contribution < 1.29 is 8.42 Å². The molecule has 0 bridgehead atoms. The minimum absolute atomic E-state index is 0.373. The van der Waals surface area contributed by atoms with Crippen LogP contribution in [-0.4, -0.2) is 58.4 Å². The average Bonchev–Trinajstić information content (AvgIpc) is 2.85. The van der Waals surface area contributed by atoms with E-state index in [0.717, 1.165) is 31.6 Å². The zero-order chi connectivity index (χ0) is 14.8. The SMILES string of the molecule is CN(C)CCCN(C)S(=O)(=O)c1ccc2c(c1)NCC2. The van der Waals surface area contributed by atoms with Gasteiger partial charge in [0.1, 0.15) is 0 Å². The Bertz CT molecular complexity index is 570. The van der Waals surface area contributed by atoms with Gasteiger partial charge in [-0.2, -0.15) is 0 Å². The molecule has 1 heterocycles. The Morgan fingerprint density at radius 1 is 1.20 bits per heavy atom. The molecule has 20 heavy (non-hydrogen) atoms. The van der Waals surface area contributed by atoms with Crippen molar-refractivity contribution in [3.63, 3.8) is 0 Å². The predicted octanol–water partition coefficient (Wildman–Crippen LogP) is 1.23. The van der Waals surface area contributed by atoms with Gasteiger partial charge in [0, 0.05) is 25.8 Å². The number of nitrogens with zero attached hydrogens (tertiary/aromatic N) is 2. The maximum Gasteiger partial charge on any atom is 0.242 e.